The molecule has 0 spiro atoms. The van der Waals surface area contributed by atoms with Crippen molar-refractivity contribution in [3.05, 3.63) is 63.6 Å². The number of primary sulfonamides is 1. The quantitative estimate of drug-likeness (QED) is 0.699. The molecule has 0 aliphatic rings. The number of nitrogens with two attached hydrogens (primary N) is 1. The van der Waals surface area contributed by atoms with Crippen LogP contribution in [0, 0.1) is 0 Å². The van der Waals surface area contributed by atoms with Gasteiger partial charge < -0.3 is 10.1 Å². The maximum atomic E-state index is 12.0. The van der Waals surface area contributed by atoms with Crippen molar-refractivity contribution in [2.75, 3.05) is 6.61 Å². The van der Waals surface area contributed by atoms with Crippen LogP contribution in [-0.2, 0) is 26.1 Å². The topological polar surface area (TPSA) is 116 Å². The lowest BCUT2D eigenvalue weighted by molar-refractivity contribution is -0.124. The highest BCUT2D eigenvalue weighted by atomic mass is 35.5. The summed E-state index contributed by atoms with van der Waals surface area (Å²) in [6.07, 6.45) is 0. The summed E-state index contributed by atoms with van der Waals surface area (Å²) >= 11 is 11.7. The summed E-state index contributed by atoms with van der Waals surface area (Å²) in [5, 5.41) is 7.95. The molecule has 3 N–H and O–H groups in total. The summed E-state index contributed by atoms with van der Waals surface area (Å²) in [6, 6.07) is 10.4. The predicted octanol–water partition coefficient (Wildman–Crippen LogP) is 2.11. The van der Waals surface area contributed by atoms with Gasteiger partial charge in [-0.2, -0.15) is 0 Å². The first-order valence-corrected chi connectivity index (χ1v) is 9.48. The first kappa shape index (κ1) is 20.2. The third kappa shape index (κ3) is 5.43. The minimum atomic E-state index is -4.10. The van der Waals surface area contributed by atoms with E-state index in [2.05, 4.69) is 5.32 Å². The number of amides is 1. The van der Waals surface area contributed by atoms with Crippen molar-refractivity contribution < 1.29 is 22.7 Å². The van der Waals surface area contributed by atoms with Crippen molar-refractivity contribution in [1.29, 1.82) is 0 Å². The first-order valence-electron chi connectivity index (χ1n) is 7.18. The maximum Gasteiger partial charge on any atom is 0.338 e. The number of carbonyl (C=O) groups is 2. The van der Waals surface area contributed by atoms with Gasteiger partial charge in [-0.1, -0.05) is 41.4 Å². The normalized spacial score (nSPS) is 11.0. The van der Waals surface area contributed by atoms with Crippen LogP contribution in [0.4, 0.5) is 0 Å². The minimum absolute atomic E-state index is 0.0997. The molecule has 0 saturated carbocycles. The molecule has 0 aliphatic heterocycles. The minimum Gasteiger partial charge on any atom is -0.452 e. The fourth-order valence-electron chi connectivity index (χ4n) is 1.95. The summed E-state index contributed by atoms with van der Waals surface area (Å²) in [5.74, 6) is -1.43. The molecule has 0 fully saturated rings. The van der Waals surface area contributed by atoms with Gasteiger partial charge >= 0.3 is 5.97 Å². The van der Waals surface area contributed by atoms with E-state index in [4.69, 9.17) is 33.1 Å². The van der Waals surface area contributed by atoms with Crippen LogP contribution in [-0.4, -0.2) is 26.9 Å². The van der Waals surface area contributed by atoms with Crippen molar-refractivity contribution in [1.82, 2.24) is 5.32 Å². The molecular formula is C16H14Cl2N2O5S. The number of hydrogen-bond acceptors (Lipinski definition) is 5. The molecular weight excluding hydrogens is 403 g/mol. The highest BCUT2D eigenvalue weighted by Crippen LogP contribution is 2.21. The van der Waals surface area contributed by atoms with E-state index >= 15 is 0 Å². The summed E-state index contributed by atoms with van der Waals surface area (Å²) < 4.78 is 27.7. The van der Waals surface area contributed by atoms with Crippen LogP contribution in [0.1, 0.15) is 15.9 Å². The molecule has 0 aromatic heterocycles. The van der Waals surface area contributed by atoms with Gasteiger partial charge in [0.15, 0.2) is 6.61 Å². The smallest absolute Gasteiger partial charge is 0.338 e. The molecule has 2 aromatic carbocycles. The lowest BCUT2D eigenvalue weighted by Gasteiger charge is -2.09. The van der Waals surface area contributed by atoms with Gasteiger partial charge in [-0.3, -0.25) is 4.79 Å². The molecule has 1 amide bonds. The summed E-state index contributed by atoms with van der Waals surface area (Å²) in [6.45, 7) is -0.372. The molecule has 0 radical (unpaired) electrons. The molecule has 0 bridgehead atoms. The lowest BCUT2D eigenvalue weighted by atomic mass is 10.2. The molecule has 0 saturated heterocycles. The Kier molecular flexibility index (Phi) is 6.60. The van der Waals surface area contributed by atoms with Crippen LogP contribution in [0.15, 0.2) is 47.4 Å². The fourth-order valence-corrected chi connectivity index (χ4v) is 3.22. The standard InChI is InChI=1S/C16H14Cl2N2O5S/c17-12-4-2-1-3-11(12)8-20-15(21)9-25-16(22)10-5-6-13(18)14(7-10)26(19,23)24/h1-7H,8-9H2,(H,20,21)(H2,19,23,24). The predicted molar refractivity (Wildman–Crippen MR) is 96.4 cm³/mol. The number of benzene rings is 2. The van der Waals surface area contributed by atoms with Gasteiger partial charge in [0.2, 0.25) is 10.0 Å². The number of halogens is 2. The maximum absolute atomic E-state index is 12.0. The Balaban J connectivity index is 1.94. The van der Waals surface area contributed by atoms with Crippen LogP contribution >= 0.6 is 23.2 Å². The van der Waals surface area contributed by atoms with Crippen molar-refractivity contribution >= 4 is 45.1 Å². The van der Waals surface area contributed by atoms with Crippen molar-refractivity contribution in [3.63, 3.8) is 0 Å². The zero-order chi connectivity index (χ0) is 19.3. The van der Waals surface area contributed by atoms with Gasteiger partial charge in [-0.15, -0.1) is 0 Å². The van der Waals surface area contributed by atoms with E-state index in [0.717, 1.165) is 6.07 Å². The summed E-state index contributed by atoms with van der Waals surface area (Å²) in [5.41, 5.74) is 0.613. The van der Waals surface area contributed by atoms with E-state index in [-0.39, 0.29) is 17.1 Å². The van der Waals surface area contributed by atoms with E-state index in [1.165, 1.54) is 12.1 Å². The number of esters is 1. The van der Waals surface area contributed by atoms with Crippen molar-refractivity contribution in [3.8, 4) is 0 Å². The molecule has 0 atom stereocenters. The monoisotopic (exact) mass is 416 g/mol. The Labute approximate surface area is 160 Å². The molecule has 7 nitrogen and oxygen atoms in total. The molecule has 10 heteroatoms. The van der Waals surface area contributed by atoms with E-state index in [1.807, 2.05) is 0 Å². The average molecular weight is 417 g/mol. The number of rotatable bonds is 6. The zero-order valence-corrected chi connectivity index (χ0v) is 15.6. The van der Waals surface area contributed by atoms with Gasteiger partial charge in [0.25, 0.3) is 5.91 Å². The van der Waals surface area contributed by atoms with Crippen LogP contribution in [0.5, 0.6) is 0 Å². The van der Waals surface area contributed by atoms with Gasteiger partial charge in [0.1, 0.15) is 4.90 Å². The van der Waals surface area contributed by atoms with E-state index in [1.54, 1.807) is 24.3 Å². The molecule has 138 valence electrons. The third-order valence-corrected chi connectivity index (χ3v) is 5.00. The van der Waals surface area contributed by atoms with E-state index < -0.39 is 33.4 Å². The highest BCUT2D eigenvalue weighted by molar-refractivity contribution is 7.89. The Hall–Kier alpha value is -2.13. The molecule has 26 heavy (non-hydrogen) atoms. The fraction of sp³-hybridized carbons (Fsp3) is 0.125. The van der Waals surface area contributed by atoms with Crippen LogP contribution < -0.4 is 10.5 Å². The Morgan fingerprint density at radius 3 is 2.42 bits per heavy atom. The average Bonchev–Trinajstić information content (AvgIpc) is 2.58. The molecule has 2 rings (SSSR count). The molecule has 0 aliphatic carbocycles. The van der Waals surface area contributed by atoms with Crippen molar-refractivity contribution in [2.24, 2.45) is 5.14 Å². The van der Waals surface area contributed by atoms with Crippen molar-refractivity contribution in [2.45, 2.75) is 11.4 Å². The lowest BCUT2D eigenvalue weighted by Crippen LogP contribution is -2.28. The van der Waals surface area contributed by atoms with Gasteiger partial charge in [-0.05, 0) is 29.8 Å². The largest absolute Gasteiger partial charge is 0.452 e. The SMILES string of the molecule is NS(=O)(=O)c1cc(C(=O)OCC(=O)NCc2ccccc2Cl)ccc1Cl. The van der Waals surface area contributed by atoms with Crippen LogP contribution in [0.2, 0.25) is 10.0 Å². The van der Waals surface area contributed by atoms with E-state index in [9.17, 15) is 18.0 Å². The summed E-state index contributed by atoms with van der Waals surface area (Å²) in [4.78, 5) is 23.3. The van der Waals surface area contributed by atoms with Crippen LogP contribution in [0.3, 0.4) is 0 Å². The number of nitrogens with one attached hydrogen (secondary N) is 1. The Morgan fingerprint density at radius 2 is 1.77 bits per heavy atom. The van der Waals surface area contributed by atoms with Gasteiger partial charge in [0, 0.05) is 11.6 Å². The second-order valence-electron chi connectivity index (χ2n) is 5.13. The number of carbonyl (C=O) groups excluding carboxylic acids is 2. The third-order valence-electron chi connectivity index (χ3n) is 3.24. The summed E-state index contributed by atoms with van der Waals surface area (Å²) in [7, 11) is -4.10. The Bertz CT molecular complexity index is 947. The van der Waals surface area contributed by atoms with Crippen LogP contribution in [0.25, 0.3) is 0 Å². The Morgan fingerprint density at radius 1 is 1.08 bits per heavy atom. The zero-order valence-electron chi connectivity index (χ0n) is 13.2. The second kappa shape index (κ2) is 8.50. The number of ether oxygens (including phenoxy) is 1. The highest BCUT2D eigenvalue weighted by Gasteiger charge is 2.18. The molecule has 0 heterocycles. The number of sulfonamides is 1. The molecule has 2 aromatic rings. The second-order valence-corrected chi connectivity index (χ2v) is 7.48. The molecule has 0 unspecified atom stereocenters. The number of hydrogen-bond donors (Lipinski definition) is 2. The van der Waals surface area contributed by atoms with Gasteiger partial charge in [-0.25, -0.2) is 18.4 Å². The van der Waals surface area contributed by atoms with E-state index in [0.29, 0.717) is 10.6 Å². The van der Waals surface area contributed by atoms with Gasteiger partial charge in [0.05, 0.1) is 10.6 Å². The first-order chi connectivity index (χ1) is 12.2.